The zero-order valence-corrected chi connectivity index (χ0v) is 11.7. The summed E-state index contributed by atoms with van der Waals surface area (Å²) in [6.45, 7) is 1.77. The van der Waals surface area contributed by atoms with Crippen molar-refractivity contribution in [3.63, 3.8) is 0 Å². The lowest BCUT2D eigenvalue weighted by Gasteiger charge is -2.39. The molecule has 5 heteroatoms. The smallest absolute Gasteiger partial charge is 0.315 e. The molecule has 0 aromatic heterocycles. The summed E-state index contributed by atoms with van der Waals surface area (Å²) >= 11 is 0. The van der Waals surface area contributed by atoms with Crippen molar-refractivity contribution < 1.29 is 14.6 Å². The monoisotopic (exact) mass is 283 g/mol. The Balaban J connectivity index is 0.00000133. The van der Waals surface area contributed by atoms with Gasteiger partial charge in [0.1, 0.15) is 17.3 Å². The topological polar surface area (TPSA) is 49.8 Å². The molecule has 3 rings (SSSR count). The highest BCUT2D eigenvalue weighted by atomic mass is 35.5. The standard InChI is InChI=1S/C14H17NO3.ClH/c1-15-8-6-14(7-9-15)12(13(16)17)10-4-2-3-5-11(10)18-14;/h2-5,12H,6-9H2,1H3,(H,16,17);1H. The highest BCUT2D eigenvalue weighted by Gasteiger charge is 2.53. The van der Waals surface area contributed by atoms with Crippen LogP contribution in [0.1, 0.15) is 24.3 Å². The summed E-state index contributed by atoms with van der Waals surface area (Å²) in [5, 5.41) is 9.55. The van der Waals surface area contributed by atoms with Crippen LogP contribution in [-0.2, 0) is 4.79 Å². The predicted octanol–water partition coefficient (Wildman–Crippen LogP) is 2.13. The highest BCUT2D eigenvalue weighted by molar-refractivity contribution is 5.85. The molecule has 104 valence electrons. The van der Waals surface area contributed by atoms with Crippen LogP contribution in [0.5, 0.6) is 5.75 Å². The van der Waals surface area contributed by atoms with E-state index in [9.17, 15) is 9.90 Å². The largest absolute Gasteiger partial charge is 0.486 e. The van der Waals surface area contributed by atoms with Gasteiger partial charge in [0.05, 0.1) is 0 Å². The molecule has 1 fully saturated rings. The lowest BCUT2D eigenvalue weighted by Crippen LogP contribution is -2.50. The van der Waals surface area contributed by atoms with Crippen LogP contribution in [-0.4, -0.2) is 41.7 Å². The normalized spacial score (nSPS) is 24.4. The second-order valence-electron chi connectivity index (χ2n) is 5.28. The number of ether oxygens (including phenoxy) is 1. The SMILES string of the molecule is CN1CCC2(CC1)Oc1ccccc1C2C(=O)O.Cl. The maximum atomic E-state index is 11.6. The van der Waals surface area contributed by atoms with Gasteiger partial charge in [0.15, 0.2) is 0 Å². The Morgan fingerprint density at radius 2 is 2.00 bits per heavy atom. The molecule has 1 aromatic carbocycles. The van der Waals surface area contributed by atoms with Crippen LogP contribution in [0.2, 0.25) is 0 Å². The van der Waals surface area contributed by atoms with Gasteiger partial charge in [-0.2, -0.15) is 0 Å². The van der Waals surface area contributed by atoms with Crippen molar-refractivity contribution in [1.82, 2.24) is 4.90 Å². The lowest BCUT2D eigenvalue weighted by atomic mass is 9.77. The molecule has 0 aliphatic carbocycles. The molecule has 0 bridgehead atoms. The van der Waals surface area contributed by atoms with Crippen LogP contribution in [0.25, 0.3) is 0 Å². The average molecular weight is 284 g/mol. The molecule has 2 aliphatic rings. The van der Waals surface area contributed by atoms with Gasteiger partial charge in [-0.3, -0.25) is 4.79 Å². The van der Waals surface area contributed by atoms with E-state index in [-0.39, 0.29) is 12.4 Å². The van der Waals surface area contributed by atoms with Gasteiger partial charge >= 0.3 is 5.97 Å². The number of piperidine rings is 1. The van der Waals surface area contributed by atoms with Crippen LogP contribution in [0.15, 0.2) is 24.3 Å². The van der Waals surface area contributed by atoms with Gasteiger partial charge in [0.25, 0.3) is 0 Å². The Labute approximate surface area is 118 Å². The minimum absolute atomic E-state index is 0. The first-order chi connectivity index (χ1) is 8.62. The molecule has 0 saturated carbocycles. The minimum atomic E-state index is -0.774. The zero-order chi connectivity index (χ0) is 12.8. The first-order valence-electron chi connectivity index (χ1n) is 6.32. The number of para-hydroxylation sites is 1. The zero-order valence-electron chi connectivity index (χ0n) is 10.8. The summed E-state index contributed by atoms with van der Waals surface area (Å²) in [6, 6.07) is 7.53. The lowest BCUT2D eigenvalue weighted by molar-refractivity contribution is -0.144. The van der Waals surface area contributed by atoms with Gasteiger partial charge in [-0.25, -0.2) is 0 Å². The number of hydrogen-bond donors (Lipinski definition) is 1. The molecule has 2 heterocycles. The van der Waals surface area contributed by atoms with Crippen molar-refractivity contribution >= 4 is 18.4 Å². The minimum Gasteiger partial charge on any atom is -0.486 e. The van der Waals surface area contributed by atoms with E-state index in [0.29, 0.717) is 0 Å². The summed E-state index contributed by atoms with van der Waals surface area (Å²) < 4.78 is 6.05. The summed E-state index contributed by atoms with van der Waals surface area (Å²) in [6.07, 6.45) is 1.55. The number of rotatable bonds is 1. The van der Waals surface area contributed by atoms with Gasteiger partial charge in [-0.05, 0) is 13.1 Å². The Kier molecular flexibility index (Phi) is 3.74. The fourth-order valence-electron chi connectivity index (χ4n) is 3.12. The third-order valence-corrected chi connectivity index (χ3v) is 4.15. The molecule has 2 aliphatic heterocycles. The molecule has 4 nitrogen and oxygen atoms in total. The third-order valence-electron chi connectivity index (χ3n) is 4.15. The van der Waals surface area contributed by atoms with Crippen molar-refractivity contribution in [3.8, 4) is 5.75 Å². The van der Waals surface area contributed by atoms with Crippen LogP contribution in [0.3, 0.4) is 0 Å². The molecule has 1 unspecified atom stereocenters. The molecular weight excluding hydrogens is 266 g/mol. The van der Waals surface area contributed by atoms with Crippen molar-refractivity contribution in [2.45, 2.75) is 24.4 Å². The van der Waals surface area contributed by atoms with E-state index in [4.69, 9.17) is 4.74 Å². The van der Waals surface area contributed by atoms with E-state index in [1.54, 1.807) is 0 Å². The molecule has 1 aromatic rings. The Bertz CT molecular complexity index is 483. The molecule has 0 radical (unpaired) electrons. The predicted molar refractivity (Wildman–Crippen MR) is 74.2 cm³/mol. The number of fused-ring (bicyclic) bond motifs is 1. The number of hydrogen-bond acceptors (Lipinski definition) is 3. The summed E-state index contributed by atoms with van der Waals surface area (Å²) in [5.41, 5.74) is 0.289. The van der Waals surface area contributed by atoms with E-state index in [1.165, 1.54) is 0 Å². The van der Waals surface area contributed by atoms with E-state index in [0.717, 1.165) is 37.2 Å². The van der Waals surface area contributed by atoms with Gasteiger partial charge in [0.2, 0.25) is 0 Å². The maximum Gasteiger partial charge on any atom is 0.315 e. The number of carboxylic acids is 1. The Morgan fingerprint density at radius 3 is 2.63 bits per heavy atom. The molecule has 19 heavy (non-hydrogen) atoms. The summed E-state index contributed by atoms with van der Waals surface area (Å²) in [7, 11) is 2.06. The molecule has 1 atom stereocenters. The van der Waals surface area contributed by atoms with Crippen LogP contribution >= 0.6 is 12.4 Å². The van der Waals surface area contributed by atoms with Crippen LogP contribution in [0.4, 0.5) is 0 Å². The van der Waals surface area contributed by atoms with Crippen LogP contribution in [0, 0.1) is 0 Å². The average Bonchev–Trinajstić information content (AvgIpc) is 2.67. The van der Waals surface area contributed by atoms with Gasteiger partial charge < -0.3 is 14.7 Å². The number of carbonyl (C=O) groups is 1. The van der Waals surface area contributed by atoms with Crippen molar-refractivity contribution in [2.24, 2.45) is 0 Å². The quantitative estimate of drug-likeness (QED) is 0.858. The van der Waals surface area contributed by atoms with E-state index >= 15 is 0 Å². The first-order valence-corrected chi connectivity index (χ1v) is 6.32. The summed E-state index contributed by atoms with van der Waals surface area (Å²) in [4.78, 5) is 13.8. The van der Waals surface area contributed by atoms with E-state index < -0.39 is 17.5 Å². The third kappa shape index (κ3) is 2.19. The number of benzene rings is 1. The Morgan fingerprint density at radius 1 is 1.37 bits per heavy atom. The van der Waals surface area contributed by atoms with Gasteiger partial charge in [-0.15, -0.1) is 12.4 Å². The second-order valence-corrected chi connectivity index (χ2v) is 5.28. The Hall–Kier alpha value is -1.26. The fraction of sp³-hybridized carbons (Fsp3) is 0.500. The first kappa shape index (κ1) is 14.2. The molecule has 1 saturated heterocycles. The van der Waals surface area contributed by atoms with E-state index in [2.05, 4.69) is 11.9 Å². The number of likely N-dealkylation sites (tertiary alicyclic amines) is 1. The summed E-state index contributed by atoms with van der Waals surface area (Å²) in [5.74, 6) is -0.554. The second kappa shape index (κ2) is 5.02. The van der Waals surface area contributed by atoms with Crippen molar-refractivity contribution in [1.29, 1.82) is 0 Å². The highest BCUT2D eigenvalue weighted by Crippen LogP contribution is 2.49. The maximum absolute atomic E-state index is 11.6. The number of carboxylic acid groups (broad SMARTS) is 1. The molecular formula is C14H18ClNO3. The van der Waals surface area contributed by atoms with Crippen LogP contribution < -0.4 is 4.74 Å². The molecule has 0 amide bonds. The molecule has 1 spiro atoms. The van der Waals surface area contributed by atoms with E-state index in [1.807, 2.05) is 24.3 Å². The van der Waals surface area contributed by atoms with Gasteiger partial charge in [-0.1, -0.05) is 18.2 Å². The number of aliphatic carboxylic acids is 1. The van der Waals surface area contributed by atoms with Gasteiger partial charge in [0, 0.05) is 31.5 Å². The van der Waals surface area contributed by atoms with Crippen molar-refractivity contribution in [2.75, 3.05) is 20.1 Å². The number of nitrogens with zero attached hydrogens (tertiary/aromatic N) is 1. The molecule has 1 N–H and O–H groups in total. The fourth-order valence-corrected chi connectivity index (χ4v) is 3.12. The van der Waals surface area contributed by atoms with Crippen molar-refractivity contribution in [3.05, 3.63) is 29.8 Å². The number of halogens is 1.